The van der Waals surface area contributed by atoms with E-state index in [9.17, 15) is 4.39 Å². The summed E-state index contributed by atoms with van der Waals surface area (Å²) in [6.07, 6.45) is 4.85. The summed E-state index contributed by atoms with van der Waals surface area (Å²) in [5.74, 6) is 0.262. The van der Waals surface area contributed by atoms with Crippen LogP contribution < -0.4 is 21.5 Å². The molecule has 0 unspecified atom stereocenters. The molecule has 9 heteroatoms. The highest BCUT2D eigenvalue weighted by Crippen LogP contribution is 2.34. The number of ether oxygens (including phenoxy) is 1. The molecule has 0 spiro atoms. The lowest BCUT2D eigenvalue weighted by Crippen LogP contribution is -2.18. The molecular weight excluding hydrogens is 409 g/mol. The molecule has 0 saturated heterocycles. The maximum Gasteiger partial charge on any atom is 0.166 e. The maximum absolute atomic E-state index is 14.2. The number of pyridine rings is 1. The lowest BCUT2D eigenvalue weighted by Gasteiger charge is -2.23. The van der Waals surface area contributed by atoms with Crippen LogP contribution in [0.15, 0.2) is 53.4 Å². The van der Waals surface area contributed by atoms with Gasteiger partial charge in [0, 0.05) is 37.3 Å². The summed E-state index contributed by atoms with van der Waals surface area (Å²) in [6, 6.07) is 6.35. The van der Waals surface area contributed by atoms with Crippen LogP contribution in [0.4, 0.5) is 15.9 Å². The number of nitrogens with zero attached hydrogens (tertiary/aromatic N) is 4. The fraction of sp³-hybridized carbons (Fsp3) is 0.261. The standard InChI is InChI=1S/C23H26FN7O/c1-4-28-22-14(10-25)7-20-18(27-3)12-30-31(20)19-6-5-16(24)9-17(19)13(2)32-21-8-15(22)11-29-23(21)26/h5-6,8-13,27H,4,7,25H2,1-3H3,(H2,26,29)/t13-/m1/s1. The largest absolute Gasteiger partial charge is 0.482 e. The zero-order valence-electron chi connectivity index (χ0n) is 18.3. The Morgan fingerprint density at radius 1 is 1.34 bits per heavy atom. The lowest BCUT2D eigenvalue weighted by molar-refractivity contribution is 0.226. The summed E-state index contributed by atoms with van der Waals surface area (Å²) in [5.41, 5.74) is 17.4. The van der Waals surface area contributed by atoms with Crippen LogP contribution in [0.3, 0.4) is 0 Å². The number of aliphatic imine (C=N–C) groups is 1. The first-order valence-corrected chi connectivity index (χ1v) is 10.4. The molecule has 1 aliphatic heterocycles. The Hall–Kier alpha value is -3.88. The molecule has 1 atom stereocenters. The van der Waals surface area contributed by atoms with Gasteiger partial charge in [0.2, 0.25) is 0 Å². The third-order valence-corrected chi connectivity index (χ3v) is 5.43. The fourth-order valence-corrected chi connectivity index (χ4v) is 3.88. The van der Waals surface area contributed by atoms with Crippen LogP contribution >= 0.6 is 0 Å². The normalized spacial score (nSPS) is 18.3. The second kappa shape index (κ2) is 8.70. The molecule has 5 N–H and O–H groups in total. The Bertz CT molecular complexity index is 1220. The van der Waals surface area contributed by atoms with Crippen molar-refractivity contribution in [3.8, 4) is 11.4 Å². The summed E-state index contributed by atoms with van der Waals surface area (Å²) < 4.78 is 22.2. The van der Waals surface area contributed by atoms with Gasteiger partial charge in [-0.2, -0.15) is 5.10 Å². The summed E-state index contributed by atoms with van der Waals surface area (Å²) in [7, 11) is 1.83. The molecule has 0 fully saturated rings. The van der Waals surface area contributed by atoms with E-state index in [0.717, 1.165) is 22.5 Å². The van der Waals surface area contributed by atoms with Crippen molar-refractivity contribution in [1.29, 1.82) is 0 Å². The zero-order chi connectivity index (χ0) is 22.8. The number of nitrogen functional groups attached to an aromatic ring is 1. The van der Waals surface area contributed by atoms with E-state index in [1.165, 1.54) is 12.1 Å². The topological polar surface area (TPSA) is 116 Å². The van der Waals surface area contributed by atoms with Crippen molar-refractivity contribution in [3.63, 3.8) is 0 Å². The van der Waals surface area contributed by atoms with E-state index >= 15 is 0 Å². The van der Waals surface area contributed by atoms with Gasteiger partial charge < -0.3 is 21.5 Å². The first-order valence-electron chi connectivity index (χ1n) is 10.4. The summed E-state index contributed by atoms with van der Waals surface area (Å²) >= 11 is 0. The Morgan fingerprint density at radius 3 is 2.88 bits per heavy atom. The Balaban J connectivity index is 2.02. The number of aromatic nitrogens is 3. The minimum Gasteiger partial charge on any atom is -0.482 e. The highest BCUT2D eigenvalue weighted by Gasteiger charge is 2.24. The molecule has 3 aromatic rings. The summed E-state index contributed by atoms with van der Waals surface area (Å²) in [4.78, 5) is 8.99. The molecule has 0 aliphatic carbocycles. The number of hydrogen-bond acceptors (Lipinski definition) is 7. The van der Waals surface area contributed by atoms with E-state index in [-0.39, 0.29) is 11.6 Å². The highest BCUT2D eigenvalue weighted by molar-refractivity contribution is 6.13. The smallest absolute Gasteiger partial charge is 0.166 e. The van der Waals surface area contributed by atoms with E-state index < -0.39 is 6.10 Å². The number of fused-ring (bicyclic) bond motifs is 5. The second-order valence-electron chi connectivity index (χ2n) is 7.43. The molecule has 4 rings (SSSR count). The first kappa shape index (κ1) is 21.4. The summed E-state index contributed by atoms with van der Waals surface area (Å²) in [5, 5.41) is 7.76. The average molecular weight is 436 g/mol. The van der Waals surface area contributed by atoms with Gasteiger partial charge in [0.05, 0.1) is 29.0 Å². The van der Waals surface area contributed by atoms with Crippen LogP contribution in [0.2, 0.25) is 0 Å². The first-order chi connectivity index (χ1) is 15.5. The van der Waals surface area contributed by atoms with Crippen molar-refractivity contribution in [2.45, 2.75) is 26.4 Å². The van der Waals surface area contributed by atoms with Crippen molar-refractivity contribution in [1.82, 2.24) is 14.8 Å². The summed E-state index contributed by atoms with van der Waals surface area (Å²) in [6.45, 7) is 4.35. The van der Waals surface area contributed by atoms with Gasteiger partial charge in [-0.05, 0) is 49.9 Å². The van der Waals surface area contributed by atoms with Crippen molar-refractivity contribution in [2.24, 2.45) is 10.7 Å². The molecule has 0 saturated carbocycles. The second-order valence-corrected chi connectivity index (χ2v) is 7.43. The Morgan fingerprint density at radius 2 is 2.16 bits per heavy atom. The highest BCUT2D eigenvalue weighted by atomic mass is 19.1. The van der Waals surface area contributed by atoms with Gasteiger partial charge in [0.25, 0.3) is 0 Å². The number of rotatable bonds is 2. The van der Waals surface area contributed by atoms with E-state index in [0.29, 0.717) is 35.7 Å². The molecular formula is C23H26FN7O. The molecule has 1 aliphatic rings. The maximum atomic E-state index is 14.2. The third kappa shape index (κ3) is 3.77. The van der Waals surface area contributed by atoms with Gasteiger partial charge in [-0.1, -0.05) is 0 Å². The van der Waals surface area contributed by atoms with Crippen LogP contribution in [0, 0.1) is 5.82 Å². The van der Waals surface area contributed by atoms with Crippen molar-refractivity contribution in [2.75, 3.05) is 24.6 Å². The van der Waals surface area contributed by atoms with Crippen molar-refractivity contribution in [3.05, 3.63) is 71.1 Å². The molecule has 8 nitrogen and oxygen atoms in total. The van der Waals surface area contributed by atoms with Gasteiger partial charge in [-0.25, -0.2) is 14.1 Å². The molecule has 2 bridgehead atoms. The third-order valence-electron chi connectivity index (χ3n) is 5.43. The SMILES string of the molecule is CCN=C1C(=CN)Cc2c(NC)cnn2-c2ccc(F)cc2[C@@H](C)Oc2cc1cnc2N. The van der Waals surface area contributed by atoms with E-state index in [1.54, 1.807) is 35.4 Å². The van der Waals surface area contributed by atoms with Crippen molar-refractivity contribution < 1.29 is 9.13 Å². The van der Waals surface area contributed by atoms with Crippen molar-refractivity contribution >= 4 is 17.2 Å². The van der Waals surface area contributed by atoms with E-state index in [4.69, 9.17) is 16.2 Å². The van der Waals surface area contributed by atoms with Crippen LogP contribution in [0.25, 0.3) is 5.69 Å². The number of nitrogens with one attached hydrogen (secondary N) is 1. The minimum absolute atomic E-state index is 0.238. The average Bonchev–Trinajstić information content (AvgIpc) is 3.19. The minimum atomic E-state index is -0.523. The number of hydrogen-bond donors (Lipinski definition) is 3. The van der Waals surface area contributed by atoms with Crippen LogP contribution in [-0.4, -0.2) is 34.1 Å². The predicted molar refractivity (Wildman–Crippen MR) is 124 cm³/mol. The van der Waals surface area contributed by atoms with Crippen LogP contribution in [-0.2, 0) is 6.42 Å². The zero-order valence-corrected chi connectivity index (χ0v) is 18.3. The lowest BCUT2D eigenvalue weighted by atomic mass is 9.98. The number of halogens is 1. The predicted octanol–water partition coefficient (Wildman–Crippen LogP) is 3.38. The van der Waals surface area contributed by atoms with E-state index in [2.05, 4.69) is 20.4 Å². The van der Waals surface area contributed by atoms with Crippen LogP contribution in [0.5, 0.6) is 5.75 Å². The van der Waals surface area contributed by atoms with Gasteiger partial charge in [-0.15, -0.1) is 0 Å². The van der Waals surface area contributed by atoms with Gasteiger partial charge >= 0.3 is 0 Å². The number of anilines is 2. The molecule has 2 aromatic heterocycles. The molecule has 0 radical (unpaired) electrons. The number of benzene rings is 1. The fourth-order valence-electron chi connectivity index (χ4n) is 3.88. The quantitative estimate of drug-likeness (QED) is 0.568. The molecule has 1 aromatic carbocycles. The Labute approximate surface area is 185 Å². The number of allylic oxidation sites excluding steroid dienone is 1. The Kier molecular flexibility index (Phi) is 5.81. The molecule has 166 valence electrons. The van der Waals surface area contributed by atoms with E-state index in [1.807, 2.05) is 20.9 Å². The molecule has 32 heavy (non-hydrogen) atoms. The van der Waals surface area contributed by atoms with Gasteiger partial charge in [0.15, 0.2) is 11.6 Å². The van der Waals surface area contributed by atoms with Gasteiger partial charge in [0.1, 0.15) is 11.9 Å². The number of nitrogens with two attached hydrogens (primary N) is 2. The van der Waals surface area contributed by atoms with Gasteiger partial charge in [-0.3, -0.25) is 4.99 Å². The molecule has 0 amide bonds. The molecule has 3 heterocycles. The monoisotopic (exact) mass is 435 g/mol. The van der Waals surface area contributed by atoms with Crippen LogP contribution in [0.1, 0.15) is 36.8 Å².